The molecule has 11 heteroatoms. The number of carbonyl (C=O) groups excluding carboxylic acids is 1. The molecule has 1 atom stereocenters. The molecule has 0 aliphatic heterocycles. The Morgan fingerprint density at radius 3 is 2.75 bits per heavy atom. The molecule has 0 aliphatic carbocycles. The van der Waals surface area contributed by atoms with Gasteiger partial charge in [-0.25, -0.2) is 9.97 Å². The summed E-state index contributed by atoms with van der Waals surface area (Å²) in [4.78, 5) is 19.6. The normalized spacial score (nSPS) is 12.0. The summed E-state index contributed by atoms with van der Waals surface area (Å²) in [6.07, 6.45) is 1.87. The smallest absolute Gasteiger partial charge is 0.388 e. The lowest BCUT2D eigenvalue weighted by Gasteiger charge is -2.14. The highest BCUT2D eigenvalue weighted by atomic mass is 32.1. The summed E-state index contributed by atoms with van der Waals surface area (Å²) in [5, 5.41) is 11.9. The Hall–Kier alpha value is -3.21. The molecule has 0 spiro atoms. The van der Waals surface area contributed by atoms with Gasteiger partial charge < -0.3 is 15.8 Å². The average molecular weight is 406 g/mol. The fourth-order valence-electron chi connectivity index (χ4n) is 2.38. The van der Waals surface area contributed by atoms with Gasteiger partial charge in [0, 0.05) is 24.2 Å². The maximum Gasteiger partial charge on any atom is 0.388 e. The van der Waals surface area contributed by atoms with Crippen molar-refractivity contribution in [2.24, 2.45) is 5.73 Å². The van der Waals surface area contributed by atoms with Gasteiger partial charge >= 0.3 is 6.61 Å². The Balaban J connectivity index is 1.61. The van der Waals surface area contributed by atoms with Crippen molar-refractivity contribution in [3.05, 3.63) is 47.1 Å². The summed E-state index contributed by atoms with van der Waals surface area (Å²) in [6.45, 7) is -1.01. The predicted molar refractivity (Wildman–Crippen MR) is 99.3 cm³/mol. The summed E-state index contributed by atoms with van der Waals surface area (Å²) >= 11 is 1.14. The molecule has 0 fully saturated rings. The van der Waals surface area contributed by atoms with Gasteiger partial charge in [-0.3, -0.25) is 4.79 Å². The van der Waals surface area contributed by atoms with Gasteiger partial charge in [-0.2, -0.15) is 8.78 Å². The number of alkyl halides is 2. The van der Waals surface area contributed by atoms with Gasteiger partial charge in [0.05, 0.1) is 6.20 Å². The van der Waals surface area contributed by atoms with E-state index in [0.29, 0.717) is 33.5 Å². The van der Waals surface area contributed by atoms with Crippen molar-refractivity contribution in [2.75, 3.05) is 5.32 Å². The molecule has 0 radical (unpaired) electrons. The number of halogens is 2. The minimum atomic E-state index is -2.91. The molecule has 146 valence electrons. The number of anilines is 1. The summed E-state index contributed by atoms with van der Waals surface area (Å²) in [5.74, 6) is -0.133. The molecule has 8 nitrogen and oxygen atoms in total. The predicted octanol–water partition coefficient (Wildman–Crippen LogP) is 2.74. The Labute approximate surface area is 162 Å². The molecule has 28 heavy (non-hydrogen) atoms. The number of thiazole rings is 1. The van der Waals surface area contributed by atoms with E-state index in [1.165, 1.54) is 12.3 Å². The molecule has 3 rings (SSSR count). The number of nitrogens with one attached hydrogen (secondary N) is 1. The summed E-state index contributed by atoms with van der Waals surface area (Å²) in [6, 6.07) is 8.07. The van der Waals surface area contributed by atoms with Crippen LogP contribution < -0.4 is 15.8 Å². The zero-order valence-electron chi connectivity index (χ0n) is 14.7. The SMILES string of the molecule is CC(Cc1cccc(OC(F)F)n1)Nc1ccc(-c2ncc(C(N)=O)s2)nn1. The number of hydrogen-bond donors (Lipinski definition) is 2. The number of ether oxygens (including phenoxy) is 1. The summed E-state index contributed by atoms with van der Waals surface area (Å²) in [7, 11) is 0. The van der Waals surface area contributed by atoms with Crippen molar-refractivity contribution < 1.29 is 18.3 Å². The molecular weight excluding hydrogens is 390 g/mol. The second kappa shape index (κ2) is 8.65. The van der Waals surface area contributed by atoms with Gasteiger partial charge in [0.25, 0.3) is 5.91 Å². The first-order valence-corrected chi connectivity index (χ1v) is 8.99. The molecule has 0 saturated carbocycles. The van der Waals surface area contributed by atoms with Crippen LogP contribution in [0.15, 0.2) is 36.5 Å². The molecule has 0 bridgehead atoms. The van der Waals surface area contributed by atoms with Crippen molar-refractivity contribution in [3.8, 4) is 16.6 Å². The van der Waals surface area contributed by atoms with Crippen LogP contribution in [-0.4, -0.2) is 38.7 Å². The molecular formula is C17H16F2N6O2S. The van der Waals surface area contributed by atoms with E-state index in [4.69, 9.17) is 5.73 Å². The standard InChI is InChI=1S/C17H16F2N6O2S/c1-9(7-10-3-2-4-14(23-10)27-17(18)19)22-13-6-5-11(24-25-13)16-21-8-12(28-16)15(20)26/h2-6,8-9,17H,7H2,1H3,(H2,20,26)(H,22,25). The van der Waals surface area contributed by atoms with E-state index >= 15 is 0 Å². The van der Waals surface area contributed by atoms with Crippen LogP contribution in [-0.2, 0) is 6.42 Å². The molecule has 1 unspecified atom stereocenters. The van der Waals surface area contributed by atoms with Gasteiger partial charge in [-0.15, -0.1) is 21.5 Å². The van der Waals surface area contributed by atoms with E-state index in [1.807, 2.05) is 6.92 Å². The monoisotopic (exact) mass is 406 g/mol. The van der Waals surface area contributed by atoms with Crippen LogP contribution in [0.1, 0.15) is 22.3 Å². The lowest BCUT2D eigenvalue weighted by molar-refractivity contribution is -0.0529. The Morgan fingerprint density at radius 2 is 2.11 bits per heavy atom. The van der Waals surface area contributed by atoms with Crippen molar-refractivity contribution in [1.29, 1.82) is 0 Å². The first-order chi connectivity index (χ1) is 13.4. The molecule has 1 amide bonds. The van der Waals surface area contributed by atoms with Crippen LogP contribution in [0.4, 0.5) is 14.6 Å². The lowest BCUT2D eigenvalue weighted by atomic mass is 10.1. The largest absolute Gasteiger partial charge is 0.417 e. The van der Waals surface area contributed by atoms with Gasteiger partial charge in [0.1, 0.15) is 21.4 Å². The van der Waals surface area contributed by atoms with Gasteiger partial charge in [-0.05, 0) is 25.1 Å². The Kier molecular flexibility index (Phi) is 6.04. The number of hydrogen-bond acceptors (Lipinski definition) is 8. The van der Waals surface area contributed by atoms with Crippen molar-refractivity contribution >= 4 is 23.1 Å². The quantitative estimate of drug-likeness (QED) is 0.591. The lowest BCUT2D eigenvalue weighted by Crippen LogP contribution is -2.20. The highest BCUT2D eigenvalue weighted by molar-refractivity contribution is 7.16. The number of carbonyl (C=O) groups is 1. The van der Waals surface area contributed by atoms with E-state index in [0.717, 1.165) is 11.3 Å². The number of nitrogens with zero attached hydrogens (tertiary/aromatic N) is 4. The third-order valence-corrected chi connectivity index (χ3v) is 4.57. The molecule has 0 aliphatic rings. The molecule has 3 aromatic heterocycles. The number of pyridine rings is 1. The molecule has 0 saturated heterocycles. The Bertz CT molecular complexity index is 951. The maximum atomic E-state index is 12.3. The maximum absolute atomic E-state index is 12.3. The number of amides is 1. The highest BCUT2D eigenvalue weighted by Gasteiger charge is 2.12. The van der Waals surface area contributed by atoms with E-state index in [-0.39, 0.29) is 11.9 Å². The fraction of sp³-hybridized carbons (Fsp3) is 0.235. The Morgan fingerprint density at radius 1 is 1.29 bits per heavy atom. The second-order valence-corrected chi connectivity index (χ2v) is 6.82. The van der Waals surface area contributed by atoms with Gasteiger partial charge in [0.2, 0.25) is 5.88 Å². The third-order valence-electron chi connectivity index (χ3n) is 3.53. The minimum absolute atomic E-state index is 0.0872. The topological polar surface area (TPSA) is 116 Å². The third kappa shape index (κ3) is 5.16. The van der Waals surface area contributed by atoms with Crippen LogP contribution in [0, 0.1) is 0 Å². The van der Waals surface area contributed by atoms with Crippen LogP contribution in [0.5, 0.6) is 5.88 Å². The van der Waals surface area contributed by atoms with Crippen LogP contribution in [0.25, 0.3) is 10.7 Å². The zero-order valence-corrected chi connectivity index (χ0v) is 15.5. The number of rotatable bonds is 8. The van der Waals surface area contributed by atoms with Gasteiger partial charge in [-0.1, -0.05) is 6.07 Å². The summed E-state index contributed by atoms with van der Waals surface area (Å²) < 4.78 is 28.9. The number of nitrogens with two attached hydrogens (primary N) is 1. The van der Waals surface area contributed by atoms with Crippen molar-refractivity contribution in [3.63, 3.8) is 0 Å². The zero-order chi connectivity index (χ0) is 20.1. The summed E-state index contributed by atoms with van der Waals surface area (Å²) in [5.41, 5.74) is 6.34. The molecule has 3 heterocycles. The van der Waals surface area contributed by atoms with E-state index < -0.39 is 12.5 Å². The minimum Gasteiger partial charge on any atom is -0.417 e. The first kappa shape index (κ1) is 19.5. The van der Waals surface area contributed by atoms with Crippen LogP contribution in [0.2, 0.25) is 0 Å². The first-order valence-electron chi connectivity index (χ1n) is 8.17. The molecule has 3 N–H and O–H groups in total. The number of primary amides is 1. The van der Waals surface area contributed by atoms with Gasteiger partial charge in [0.15, 0.2) is 0 Å². The van der Waals surface area contributed by atoms with Crippen molar-refractivity contribution in [1.82, 2.24) is 20.2 Å². The second-order valence-electron chi connectivity index (χ2n) is 5.79. The highest BCUT2D eigenvalue weighted by Crippen LogP contribution is 2.23. The number of aromatic nitrogens is 4. The molecule has 0 aromatic carbocycles. The van der Waals surface area contributed by atoms with Crippen molar-refractivity contribution in [2.45, 2.75) is 26.0 Å². The van der Waals surface area contributed by atoms with Crippen LogP contribution in [0.3, 0.4) is 0 Å². The van der Waals surface area contributed by atoms with E-state index in [1.54, 1.807) is 24.3 Å². The van der Waals surface area contributed by atoms with E-state index in [2.05, 4.69) is 30.2 Å². The van der Waals surface area contributed by atoms with Crippen LogP contribution >= 0.6 is 11.3 Å². The van der Waals surface area contributed by atoms with E-state index in [9.17, 15) is 13.6 Å². The fourth-order valence-corrected chi connectivity index (χ4v) is 3.11. The molecule has 3 aromatic rings. The average Bonchev–Trinajstić information content (AvgIpc) is 3.12.